The molecule has 0 N–H and O–H groups in total. The minimum Gasteiger partial charge on any atom is 1.00 e. The Bertz CT molecular complexity index is 4240. The van der Waals surface area contributed by atoms with Crippen LogP contribution in [-0.4, -0.2) is 32.3 Å². The fraction of sp³-hybridized carbons (Fsp3) is 0.746. The van der Waals surface area contributed by atoms with Gasteiger partial charge in [0, 0.05) is 0 Å². The van der Waals surface area contributed by atoms with Crippen molar-refractivity contribution >= 4 is 77.3 Å². The molecule has 4 aromatic carbocycles. The fourth-order valence-corrected chi connectivity index (χ4v) is 52.3. The van der Waals surface area contributed by atoms with Crippen molar-refractivity contribution in [1.82, 2.24) is 0 Å². The monoisotopic (exact) mass is 1890 g/mol. The van der Waals surface area contributed by atoms with Gasteiger partial charge in [0.15, 0.2) is 0 Å². The zero-order valence-electron chi connectivity index (χ0n) is 85.8. The molecule has 0 nitrogen and oxygen atoms in total. The SMILES string of the molecule is CCCC(C)C1=CC([Si](C)(C)C)c2cc3c(cc21)CCC3.CCCC(C)C1=CC([Si](C)(C)C2C=Cc3c2ccc2ccccc32)c2cc3c(cc21)CCC3.CCCC(C)C1CC([Si](C)(C)C2CCC3C4CCCCC4CCC32)C2CC3CCCC3CC12.CCCC(C)C1CC([Si](C)(C)C2CCC3C4CCCCC4CCC32)C2CC3CCCC3CC12.[CH3-].[CH3-].[Cl][Zr+2][Cl].[Li+].[Li+]. The molecular formula is C118H184Cl2Li2Si4Zr+2. The maximum atomic E-state index is 4.93. The normalized spacial score (nSPS) is 35.5. The van der Waals surface area contributed by atoms with Gasteiger partial charge in [-0.1, -0.05) is 328 Å². The molecule has 127 heavy (non-hydrogen) atoms. The van der Waals surface area contributed by atoms with Gasteiger partial charge in [-0.05, 0) is 388 Å². The van der Waals surface area contributed by atoms with Crippen LogP contribution >= 0.6 is 17.0 Å². The number of fused-ring (bicyclic) bond motifs is 17. The molecule has 0 spiro atoms. The molecule has 0 bridgehead atoms. The van der Waals surface area contributed by atoms with Crippen LogP contribution in [0.25, 0.3) is 28.0 Å². The number of aryl methyl sites for hydroxylation is 4. The third kappa shape index (κ3) is 20.8. The average Bonchev–Trinajstić information content (AvgIpc) is 1.57. The van der Waals surface area contributed by atoms with Gasteiger partial charge in [-0.2, -0.15) is 0 Å². The first-order chi connectivity index (χ1) is 59.3. The summed E-state index contributed by atoms with van der Waals surface area (Å²) in [7, 11) is 4.41. The molecule has 0 amide bonds. The Kier molecular flexibility index (Phi) is 36.6. The molecule has 0 heterocycles. The molecule has 0 aliphatic heterocycles. The minimum absolute atomic E-state index is 0. The van der Waals surface area contributed by atoms with Gasteiger partial charge in [0.1, 0.15) is 0 Å². The molecule has 12 fully saturated rings. The van der Waals surface area contributed by atoms with Crippen molar-refractivity contribution in [2.45, 2.75) is 423 Å². The van der Waals surface area contributed by atoms with E-state index in [1.165, 1.54) is 128 Å². The first kappa shape index (κ1) is 104. The second-order valence-corrected chi connectivity index (χ2v) is 74.1. The summed E-state index contributed by atoms with van der Waals surface area (Å²) in [6.07, 6.45) is 74.3. The molecule has 0 radical (unpaired) electrons. The Hall–Kier alpha value is -0.115. The quantitative estimate of drug-likeness (QED) is 0.0648. The number of allylic oxidation sites excluding steroid dienone is 5. The average molecular weight is 1890 g/mol. The Labute approximate surface area is 830 Å². The van der Waals surface area contributed by atoms with E-state index in [0.29, 0.717) is 17.0 Å². The predicted molar refractivity (Wildman–Crippen MR) is 558 cm³/mol. The Balaban J connectivity index is 0.000000144. The maximum absolute atomic E-state index is 4.93. The standard InChI is InChI=1S/2C32H56Si.C32H36Si.C20H30Si.2CH3.2ClH.2Li.Zr/c3*1-5-9-21(2)28-20-32(30-19-24-12-8-11-23(24)18-29(28)30)33(3,4)31-17-16-26-25-13-7-6-10-22(25)14-15-27(26)31;1-6-8-14(2)17-13-20(21(3,4)5)19-12-16-10-7-9-15(16)11-18(17)19;;;;;;;/h2*21-32H,5-20H2,1-4H3;6-7,10,13-21,31-32H,5,8-9,11-12H2,1-4H3;11-14,20H,6-10H2,1-5H3;2*1H3;2*1H;;;/q;;;;2*-1;;;2*+1;+4/p-2. The Morgan fingerprint density at radius 2 is 0.748 bits per heavy atom. The summed E-state index contributed by atoms with van der Waals surface area (Å²) in [5, 5.41) is 2.77. The van der Waals surface area contributed by atoms with E-state index in [1.54, 1.807) is 241 Å². The van der Waals surface area contributed by atoms with Gasteiger partial charge in [-0.3, -0.25) is 0 Å². The van der Waals surface area contributed by atoms with E-state index < -0.39 is 53.1 Å². The van der Waals surface area contributed by atoms with Crippen LogP contribution in [0.3, 0.4) is 0 Å². The molecule has 29 unspecified atom stereocenters. The van der Waals surface area contributed by atoms with Crippen LogP contribution in [0.15, 0.2) is 78.9 Å². The number of benzene rings is 4. The minimum atomic E-state index is -1.73. The molecular weight excluding hydrogens is 1710 g/mol. The number of rotatable bonds is 19. The molecule has 17 aliphatic rings. The van der Waals surface area contributed by atoms with Gasteiger partial charge < -0.3 is 14.9 Å². The van der Waals surface area contributed by atoms with Gasteiger partial charge >= 0.3 is 75.6 Å². The van der Waals surface area contributed by atoms with E-state index in [-0.39, 0.29) is 52.6 Å². The Morgan fingerprint density at radius 1 is 0.354 bits per heavy atom. The summed E-state index contributed by atoms with van der Waals surface area (Å²) in [4.78, 5) is 0. The van der Waals surface area contributed by atoms with Crippen molar-refractivity contribution < 1.29 is 58.6 Å². The van der Waals surface area contributed by atoms with E-state index in [1.807, 2.05) is 0 Å². The summed E-state index contributed by atoms with van der Waals surface area (Å²) in [5.74, 6) is 23.7. The first-order valence-corrected chi connectivity index (χ1v) is 73.6. The molecule has 0 saturated heterocycles. The molecule has 21 rings (SSSR count). The van der Waals surface area contributed by atoms with Crippen LogP contribution in [0.1, 0.15) is 372 Å². The predicted octanol–water partition coefficient (Wildman–Crippen LogP) is 31.0. The molecule has 29 atom stereocenters. The van der Waals surface area contributed by atoms with E-state index in [2.05, 4.69) is 199 Å². The molecule has 12 saturated carbocycles. The first-order valence-electron chi connectivity index (χ1n) is 54.2. The van der Waals surface area contributed by atoms with Crippen LogP contribution in [0.2, 0.25) is 81.1 Å². The van der Waals surface area contributed by atoms with E-state index in [9.17, 15) is 0 Å². The maximum Gasteiger partial charge on any atom is 1.00 e. The number of hydrogen-bond donors (Lipinski definition) is 0. The zero-order valence-corrected chi connectivity index (χ0v) is 93.8. The van der Waals surface area contributed by atoms with Crippen LogP contribution in [0.5, 0.6) is 0 Å². The summed E-state index contributed by atoms with van der Waals surface area (Å²) in [6, 6.07) is 24.1. The van der Waals surface area contributed by atoms with E-state index >= 15 is 0 Å². The zero-order chi connectivity index (χ0) is 86.1. The fourth-order valence-electron chi connectivity index (χ4n) is 36.0. The molecule has 17 aliphatic carbocycles. The summed E-state index contributed by atoms with van der Waals surface area (Å²) in [5.41, 5.74) is 26.0. The van der Waals surface area contributed by atoms with Crippen LogP contribution in [0.4, 0.5) is 0 Å². The van der Waals surface area contributed by atoms with Crippen LogP contribution < -0.4 is 37.7 Å². The molecule has 9 heteroatoms. The van der Waals surface area contributed by atoms with E-state index in [4.69, 9.17) is 17.0 Å². The van der Waals surface area contributed by atoms with Crippen molar-refractivity contribution in [2.24, 2.45) is 130 Å². The van der Waals surface area contributed by atoms with Crippen molar-refractivity contribution in [3.05, 3.63) is 149 Å². The summed E-state index contributed by atoms with van der Waals surface area (Å²) in [6.45, 7) is 44.4. The molecule has 0 aromatic heterocycles. The Morgan fingerprint density at radius 3 is 1.19 bits per heavy atom. The van der Waals surface area contributed by atoms with Gasteiger partial charge in [-0.25, -0.2) is 0 Å². The van der Waals surface area contributed by atoms with Crippen LogP contribution in [0, 0.1) is 145 Å². The smallest absolute Gasteiger partial charge is 1.00 e. The van der Waals surface area contributed by atoms with Crippen molar-refractivity contribution in [3.63, 3.8) is 0 Å². The summed E-state index contributed by atoms with van der Waals surface area (Å²) < 4.78 is 0. The third-order valence-electron chi connectivity index (χ3n) is 41.9. The van der Waals surface area contributed by atoms with Crippen molar-refractivity contribution in [2.75, 3.05) is 0 Å². The van der Waals surface area contributed by atoms with Crippen LogP contribution in [-0.2, 0) is 46.5 Å². The van der Waals surface area contributed by atoms with Gasteiger partial charge in [0.2, 0.25) is 0 Å². The number of hydrogen-bond acceptors (Lipinski definition) is 0. The van der Waals surface area contributed by atoms with Crippen molar-refractivity contribution in [3.8, 4) is 0 Å². The van der Waals surface area contributed by atoms with Gasteiger partial charge in [0.05, 0.1) is 32.3 Å². The number of halogens is 2. The largest absolute Gasteiger partial charge is 1.00 e. The second-order valence-electron chi connectivity index (χ2n) is 49.9. The molecule has 690 valence electrons. The van der Waals surface area contributed by atoms with E-state index in [0.717, 1.165) is 130 Å². The van der Waals surface area contributed by atoms with Gasteiger partial charge in [0.25, 0.3) is 0 Å². The third-order valence-corrected chi connectivity index (χ3v) is 58.8. The second kappa shape index (κ2) is 44.6. The van der Waals surface area contributed by atoms with Gasteiger partial charge in [-0.15, -0.1) is 0 Å². The molecule has 4 aromatic rings. The summed E-state index contributed by atoms with van der Waals surface area (Å²) >= 11 is -0.826. The topological polar surface area (TPSA) is 0 Å². The van der Waals surface area contributed by atoms with Crippen molar-refractivity contribution in [1.29, 1.82) is 0 Å².